The normalized spacial score (nSPS) is 12.3. The number of benzene rings is 2. The van der Waals surface area contributed by atoms with E-state index in [2.05, 4.69) is 4.98 Å². The second-order valence-electron chi connectivity index (χ2n) is 8.56. The number of aromatic nitrogens is 1. The molecule has 1 heterocycles. The molecule has 0 aliphatic carbocycles. The van der Waals surface area contributed by atoms with Gasteiger partial charge in [-0.25, -0.2) is 4.98 Å². The van der Waals surface area contributed by atoms with Crippen LogP contribution in [0.3, 0.4) is 0 Å². The quantitative estimate of drug-likeness (QED) is 0.317. The molecule has 36 heavy (non-hydrogen) atoms. The first-order valence-electron chi connectivity index (χ1n) is 11.6. The van der Waals surface area contributed by atoms with Gasteiger partial charge in [-0.15, -0.1) is 11.3 Å². The number of rotatable bonds is 8. The lowest BCUT2D eigenvalue weighted by Gasteiger charge is -2.22. The number of esters is 1. The fourth-order valence-electron chi connectivity index (χ4n) is 3.92. The summed E-state index contributed by atoms with van der Waals surface area (Å²) in [6.07, 6.45) is -2.90. The Labute approximate surface area is 212 Å². The molecule has 192 valence electrons. The smallest absolute Gasteiger partial charge is 0.416 e. The van der Waals surface area contributed by atoms with E-state index in [1.165, 1.54) is 30.6 Å². The lowest BCUT2D eigenvalue weighted by atomic mass is 10.0. The van der Waals surface area contributed by atoms with Crippen LogP contribution in [0.25, 0.3) is 10.6 Å². The van der Waals surface area contributed by atoms with E-state index >= 15 is 0 Å². The second kappa shape index (κ2) is 11.2. The Morgan fingerprint density at radius 2 is 1.81 bits per heavy atom. The standard InChI is InChI=1S/C27H29F3N2O3S/c1-6-22-24(31-25(36-22)19-7-11-20(12-8-19)27(28,29)30)17(3)26(34)32(4)21-13-9-18(16(2)15-21)10-14-23(33)35-5/h7-9,11-13,15,17H,6,10,14H2,1-5H3. The van der Waals surface area contributed by atoms with Gasteiger partial charge in [0.25, 0.3) is 0 Å². The molecule has 0 spiro atoms. The summed E-state index contributed by atoms with van der Waals surface area (Å²) in [5.41, 5.74) is 3.21. The molecule has 5 nitrogen and oxygen atoms in total. The van der Waals surface area contributed by atoms with E-state index in [4.69, 9.17) is 4.74 Å². The number of aryl methyl sites for hydroxylation is 3. The van der Waals surface area contributed by atoms with Gasteiger partial charge in [-0.05, 0) is 62.1 Å². The van der Waals surface area contributed by atoms with Crippen molar-refractivity contribution in [2.75, 3.05) is 19.1 Å². The number of amides is 1. The maximum atomic E-state index is 13.4. The van der Waals surface area contributed by atoms with Gasteiger partial charge in [-0.3, -0.25) is 9.59 Å². The van der Waals surface area contributed by atoms with Crippen molar-refractivity contribution in [2.24, 2.45) is 0 Å². The zero-order chi connectivity index (χ0) is 26.6. The van der Waals surface area contributed by atoms with E-state index in [0.717, 1.165) is 33.8 Å². The van der Waals surface area contributed by atoms with Gasteiger partial charge < -0.3 is 9.64 Å². The molecule has 1 amide bonds. The average Bonchev–Trinajstić information content (AvgIpc) is 3.30. The van der Waals surface area contributed by atoms with Crippen molar-refractivity contribution < 1.29 is 27.5 Å². The molecule has 1 aromatic heterocycles. The molecule has 9 heteroatoms. The maximum Gasteiger partial charge on any atom is 0.416 e. The van der Waals surface area contributed by atoms with Crippen LogP contribution in [-0.2, 0) is 33.3 Å². The Morgan fingerprint density at radius 1 is 1.14 bits per heavy atom. The summed E-state index contributed by atoms with van der Waals surface area (Å²) >= 11 is 1.39. The molecule has 0 saturated heterocycles. The van der Waals surface area contributed by atoms with Gasteiger partial charge in [0.1, 0.15) is 5.01 Å². The monoisotopic (exact) mass is 518 g/mol. The lowest BCUT2D eigenvalue weighted by Crippen LogP contribution is -2.31. The van der Waals surface area contributed by atoms with E-state index in [-0.39, 0.29) is 18.3 Å². The number of thiazole rings is 1. The number of anilines is 1. The number of methoxy groups -OCH3 is 1. The summed E-state index contributed by atoms with van der Waals surface area (Å²) < 4.78 is 43.4. The van der Waals surface area contributed by atoms with E-state index in [0.29, 0.717) is 29.1 Å². The zero-order valence-electron chi connectivity index (χ0n) is 20.9. The van der Waals surface area contributed by atoms with Crippen LogP contribution in [0.1, 0.15) is 53.4 Å². The second-order valence-corrected chi connectivity index (χ2v) is 9.65. The largest absolute Gasteiger partial charge is 0.469 e. The minimum atomic E-state index is -4.40. The number of likely N-dealkylation sites (N-methyl/N-ethyl adjacent to an activating group) is 1. The van der Waals surface area contributed by atoms with Crippen molar-refractivity contribution >= 4 is 28.9 Å². The third kappa shape index (κ3) is 6.13. The molecular formula is C27H29F3N2O3S. The first-order valence-corrected chi connectivity index (χ1v) is 12.4. The predicted octanol–water partition coefficient (Wildman–Crippen LogP) is 6.57. The molecule has 0 fully saturated rings. The Morgan fingerprint density at radius 3 is 2.36 bits per heavy atom. The Balaban J connectivity index is 1.80. The molecule has 2 aromatic carbocycles. The number of ether oxygens (including phenoxy) is 1. The van der Waals surface area contributed by atoms with Crippen LogP contribution in [0.2, 0.25) is 0 Å². The summed E-state index contributed by atoms with van der Waals surface area (Å²) in [5.74, 6) is -0.954. The molecule has 0 radical (unpaired) electrons. The van der Waals surface area contributed by atoms with Crippen molar-refractivity contribution in [1.29, 1.82) is 0 Å². The SMILES string of the molecule is CCc1sc(-c2ccc(C(F)(F)F)cc2)nc1C(C)C(=O)N(C)c1ccc(CCC(=O)OC)c(C)c1. The summed E-state index contributed by atoms with van der Waals surface area (Å²) in [4.78, 5) is 32.0. The maximum absolute atomic E-state index is 13.4. The highest BCUT2D eigenvalue weighted by Crippen LogP contribution is 2.35. The molecule has 0 bridgehead atoms. The van der Waals surface area contributed by atoms with Crippen molar-refractivity contribution in [3.8, 4) is 10.6 Å². The van der Waals surface area contributed by atoms with Crippen molar-refractivity contribution in [3.05, 3.63) is 69.7 Å². The number of halogens is 3. The molecule has 0 aliphatic heterocycles. The number of nitrogens with zero attached hydrogens (tertiary/aromatic N) is 2. The molecular weight excluding hydrogens is 489 g/mol. The van der Waals surface area contributed by atoms with E-state index in [1.54, 1.807) is 18.9 Å². The summed E-state index contributed by atoms with van der Waals surface area (Å²) in [5, 5.41) is 0.587. The highest BCUT2D eigenvalue weighted by Gasteiger charge is 2.30. The molecule has 0 saturated carbocycles. The van der Waals surface area contributed by atoms with Gasteiger partial charge in [0, 0.05) is 29.6 Å². The van der Waals surface area contributed by atoms with Gasteiger partial charge >= 0.3 is 12.1 Å². The van der Waals surface area contributed by atoms with Crippen molar-refractivity contribution in [1.82, 2.24) is 4.98 Å². The first kappa shape index (κ1) is 27.4. The summed E-state index contributed by atoms with van der Waals surface area (Å²) in [6, 6.07) is 10.6. The van der Waals surface area contributed by atoms with Crippen LogP contribution in [0, 0.1) is 6.92 Å². The molecule has 0 aliphatic rings. The van der Waals surface area contributed by atoms with Crippen LogP contribution in [-0.4, -0.2) is 31.0 Å². The molecule has 1 atom stereocenters. The van der Waals surface area contributed by atoms with Gasteiger partial charge in [0.2, 0.25) is 5.91 Å². The third-order valence-corrected chi connectivity index (χ3v) is 7.42. The minimum Gasteiger partial charge on any atom is -0.469 e. The number of hydrogen-bond donors (Lipinski definition) is 0. The number of carbonyl (C=O) groups excluding carboxylic acids is 2. The topological polar surface area (TPSA) is 59.5 Å². The Kier molecular flexibility index (Phi) is 8.55. The van der Waals surface area contributed by atoms with Gasteiger partial charge in [-0.1, -0.05) is 25.1 Å². The number of hydrogen-bond acceptors (Lipinski definition) is 5. The lowest BCUT2D eigenvalue weighted by molar-refractivity contribution is -0.140. The Hall–Kier alpha value is -3.20. The van der Waals surface area contributed by atoms with Crippen LogP contribution in [0.15, 0.2) is 42.5 Å². The molecule has 1 unspecified atom stereocenters. The van der Waals surface area contributed by atoms with Crippen LogP contribution < -0.4 is 4.90 Å². The van der Waals surface area contributed by atoms with Gasteiger partial charge in [-0.2, -0.15) is 13.2 Å². The highest BCUT2D eigenvalue weighted by molar-refractivity contribution is 7.15. The van der Waals surface area contributed by atoms with Crippen molar-refractivity contribution in [2.45, 2.75) is 52.1 Å². The molecule has 3 rings (SSSR count). The van der Waals surface area contributed by atoms with Crippen LogP contribution >= 0.6 is 11.3 Å². The predicted molar refractivity (Wildman–Crippen MR) is 135 cm³/mol. The minimum absolute atomic E-state index is 0.143. The Bertz CT molecular complexity index is 1240. The van der Waals surface area contributed by atoms with E-state index in [1.807, 2.05) is 32.0 Å². The zero-order valence-corrected chi connectivity index (χ0v) is 21.7. The summed E-state index contributed by atoms with van der Waals surface area (Å²) in [7, 11) is 3.06. The van der Waals surface area contributed by atoms with Gasteiger partial charge in [0.05, 0.1) is 24.3 Å². The van der Waals surface area contributed by atoms with Gasteiger partial charge in [0.15, 0.2) is 0 Å². The van der Waals surface area contributed by atoms with Crippen LogP contribution in [0.4, 0.5) is 18.9 Å². The third-order valence-electron chi connectivity index (χ3n) is 6.16. The van der Waals surface area contributed by atoms with Crippen molar-refractivity contribution in [3.63, 3.8) is 0 Å². The number of alkyl halides is 3. The average molecular weight is 519 g/mol. The van der Waals surface area contributed by atoms with Crippen LogP contribution in [0.5, 0.6) is 0 Å². The fourth-order valence-corrected chi connectivity index (χ4v) is 5.03. The highest BCUT2D eigenvalue weighted by atomic mass is 32.1. The fraction of sp³-hybridized carbons (Fsp3) is 0.370. The molecule has 3 aromatic rings. The number of carbonyl (C=O) groups is 2. The van der Waals surface area contributed by atoms with E-state index < -0.39 is 17.7 Å². The summed E-state index contributed by atoms with van der Waals surface area (Å²) in [6.45, 7) is 5.69. The van der Waals surface area contributed by atoms with E-state index in [9.17, 15) is 22.8 Å². The molecule has 0 N–H and O–H groups in total. The first-order chi connectivity index (χ1) is 17.0.